The summed E-state index contributed by atoms with van der Waals surface area (Å²) in [5.41, 5.74) is 6.58. The second-order valence-corrected chi connectivity index (χ2v) is 4.43. The van der Waals surface area contributed by atoms with Crippen molar-refractivity contribution >= 4 is 17.4 Å². The number of rotatable bonds is 3. The minimum absolute atomic E-state index is 0.0226. The molecule has 0 fully saturated rings. The zero-order chi connectivity index (χ0) is 13.8. The van der Waals surface area contributed by atoms with Gasteiger partial charge in [-0.2, -0.15) is 0 Å². The van der Waals surface area contributed by atoms with Gasteiger partial charge >= 0.3 is 0 Å². The first-order valence-electron chi connectivity index (χ1n) is 6.05. The summed E-state index contributed by atoms with van der Waals surface area (Å²) in [6.45, 7) is 3.86. The Kier molecular flexibility index (Phi) is 3.75. The fraction of sp³-hybridized carbons (Fsp3) is 0.214. The molecule has 5 nitrogen and oxygen atoms in total. The molecule has 0 aliphatic carbocycles. The zero-order valence-corrected chi connectivity index (χ0v) is 10.9. The molecule has 1 amide bonds. The van der Waals surface area contributed by atoms with Crippen LogP contribution < -0.4 is 10.6 Å². The van der Waals surface area contributed by atoms with Crippen LogP contribution in [0.5, 0.6) is 0 Å². The largest absolute Gasteiger partial charge is 0.397 e. The van der Waals surface area contributed by atoms with Crippen molar-refractivity contribution < 1.29 is 4.79 Å². The standard InChI is InChI=1S/C14H16N4O/c1-10(2)18(13-7-6-11(15)9-17-13)14(19)12-5-3-4-8-16-12/h3-10H,15H2,1-2H3. The van der Waals surface area contributed by atoms with Crippen molar-refractivity contribution in [3.63, 3.8) is 0 Å². The molecular formula is C14H16N4O. The number of hydrogen-bond donors (Lipinski definition) is 1. The number of anilines is 2. The van der Waals surface area contributed by atoms with Gasteiger partial charge in [-0.15, -0.1) is 0 Å². The average molecular weight is 256 g/mol. The van der Waals surface area contributed by atoms with E-state index in [1.54, 1.807) is 41.4 Å². The first-order chi connectivity index (χ1) is 9.09. The van der Waals surface area contributed by atoms with Crippen LogP contribution in [0, 0.1) is 0 Å². The maximum absolute atomic E-state index is 12.5. The summed E-state index contributed by atoms with van der Waals surface area (Å²) >= 11 is 0. The maximum atomic E-state index is 12.5. The Labute approximate surface area is 112 Å². The van der Waals surface area contributed by atoms with Crippen molar-refractivity contribution in [1.82, 2.24) is 9.97 Å². The quantitative estimate of drug-likeness (QED) is 0.913. The lowest BCUT2D eigenvalue weighted by Gasteiger charge is -2.25. The molecule has 0 unspecified atom stereocenters. The number of pyridine rings is 2. The minimum Gasteiger partial charge on any atom is -0.397 e. The van der Waals surface area contributed by atoms with Crippen LogP contribution in [0.4, 0.5) is 11.5 Å². The summed E-state index contributed by atoms with van der Waals surface area (Å²) in [7, 11) is 0. The Morgan fingerprint density at radius 2 is 2.00 bits per heavy atom. The Hall–Kier alpha value is -2.43. The van der Waals surface area contributed by atoms with Gasteiger partial charge in [0, 0.05) is 12.2 Å². The number of amides is 1. The molecule has 19 heavy (non-hydrogen) atoms. The smallest absolute Gasteiger partial charge is 0.278 e. The molecule has 0 spiro atoms. The van der Waals surface area contributed by atoms with E-state index in [4.69, 9.17) is 5.73 Å². The van der Waals surface area contributed by atoms with Crippen LogP contribution >= 0.6 is 0 Å². The summed E-state index contributed by atoms with van der Waals surface area (Å²) in [5.74, 6) is 0.396. The molecule has 0 bridgehead atoms. The van der Waals surface area contributed by atoms with Gasteiger partial charge in [-0.1, -0.05) is 6.07 Å². The molecule has 98 valence electrons. The van der Waals surface area contributed by atoms with Gasteiger partial charge in [0.2, 0.25) is 0 Å². The highest BCUT2D eigenvalue weighted by atomic mass is 16.2. The van der Waals surface area contributed by atoms with E-state index in [-0.39, 0.29) is 11.9 Å². The number of nitrogen functional groups attached to an aromatic ring is 1. The Bertz CT molecular complexity index is 551. The van der Waals surface area contributed by atoms with Crippen LogP contribution in [0.2, 0.25) is 0 Å². The SMILES string of the molecule is CC(C)N(C(=O)c1ccccn1)c1ccc(N)cn1. The number of hydrogen-bond acceptors (Lipinski definition) is 4. The molecular weight excluding hydrogens is 240 g/mol. The molecule has 2 N–H and O–H groups in total. The number of nitrogens with two attached hydrogens (primary N) is 1. The Morgan fingerprint density at radius 1 is 1.21 bits per heavy atom. The van der Waals surface area contributed by atoms with Gasteiger partial charge in [0.1, 0.15) is 11.5 Å². The summed E-state index contributed by atoms with van der Waals surface area (Å²) < 4.78 is 0. The van der Waals surface area contributed by atoms with Crippen molar-refractivity contribution in [3.8, 4) is 0 Å². The second kappa shape index (κ2) is 5.48. The van der Waals surface area contributed by atoms with E-state index < -0.39 is 0 Å². The van der Waals surface area contributed by atoms with Crippen molar-refractivity contribution in [1.29, 1.82) is 0 Å². The van der Waals surface area contributed by atoms with Gasteiger partial charge in [-0.25, -0.2) is 4.98 Å². The third-order valence-electron chi connectivity index (χ3n) is 2.64. The molecule has 0 aliphatic heterocycles. The maximum Gasteiger partial charge on any atom is 0.278 e. The molecule has 0 saturated heterocycles. The molecule has 0 aromatic carbocycles. The van der Waals surface area contributed by atoms with E-state index in [0.717, 1.165) is 0 Å². The van der Waals surface area contributed by atoms with Crippen molar-refractivity contribution in [3.05, 3.63) is 48.4 Å². The van der Waals surface area contributed by atoms with E-state index >= 15 is 0 Å². The van der Waals surface area contributed by atoms with Crippen LogP contribution in [0.15, 0.2) is 42.7 Å². The molecule has 0 atom stereocenters. The van der Waals surface area contributed by atoms with Crippen molar-refractivity contribution in [2.75, 3.05) is 10.6 Å². The van der Waals surface area contributed by atoms with E-state index in [0.29, 0.717) is 17.2 Å². The fourth-order valence-corrected chi connectivity index (χ4v) is 1.76. The molecule has 0 aliphatic rings. The molecule has 2 aromatic rings. The third kappa shape index (κ3) is 2.88. The van der Waals surface area contributed by atoms with Crippen LogP contribution in [-0.2, 0) is 0 Å². The van der Waals surface area contributed by atoms with Gasteiger partial charge in [0.25, 0.3) is 5.91 Å². The molecule has 2 aromatic heterocycles. The summed E-state index contributed by atoms with van der Waals surface area (Å²) in [6.07, 6.45) is 3.14. The lowest BCUT2D eigenvalue weighted by Crippen LogP contribution is -2.38. The number of carbonyl (C=O) groups excluding carboxylic acids is 1. The van der Waals surface area contributed by atoms with Gasteiger partial charge < -0.3 is 5.73 Å². The van der Waals surface area contributed by atoms with E-state index in [9.17, 15) is 4.79 Å². The van der Waals surface area contributed by atoms with Crippen LogP contribution in [0.1, 0.15) is 24.3 Å². The lowest BCUT2D eigenvalue weighted by molar-refractivity contribution is 0.0974. The van der Waals surface area contributed by atoms with Crippen LogP contribution in [-0.4, -0.2) is 21.9 Å². The monoisotopic (exact) mass is 256 g/mol. The first-order valence-corrected chi connectivity index (χ1v) is 6.05. The summed E-state index contributed by atoms with van der Waals surface area (Å²) in [4.78, 5) is 22.3. The van der Waals surface area contributed by atoms with Gasteiger partial charge in [0.05, 0.1) is 11.9 Å². The zero-order valence-electron chi connectivity index (χ0n) is 10.9. The highest BCUT2D eigenvalue weighted by molar-refractivity contribution is 6.04. The summed E-state index contributed by atoms with van der Waals surface area (Å²) in [6, 6.07) is 8.69. The van der Waals surface area contributed by atoms with Gasteiger partial charge in [-0.3, -0.25) is 14.7 Å². The first kappa shape index (κ1) is 13.0. The normalized spacial score (nSPS) is 10.5. The van der Waals surface area contributed by atoms with Crippen molar-refractivity contribution in [2.45, 2.75) is 19.9 Å². The van der Waals surface area contributed by atoms with Crippen LogP contribution in [0.25, 0.3) is 0 Å². The fourth-order valence-electron chi connectivity index (χ4n) is 1.76. The molecule has 2 heterocycles. The molecule has 0 radical (unpaired) electrons. The Morgan fingerprint density at radius 3 is 2.53 bits per heavy atom. The Balaban J connectivity index is 2.36. The predicted molar refractivity (Wildman–Crippen MR) is 74.8 cm³/mol. The highest BCUT2D eigenvalue weighted by Gasteiger charge is 2.22. The number of carbonyl (C=O) groups is 1. The highest BCUT2D eigenvalue weighted by Crippen LogP contribution is 2.17. The second-order valence-electron chi connectivity index (χ2n) is 4.43. The number of aromatic nitrogens is 2. The lowest BCUT2D eigenvalue weighted by atomic mass is 10.2. The van der Waals surface area contributed by atoms with Gasteiger partial charge in [0.15, 0.2) is 0 Å². The van der Waals surface area contributed by atoms with Gasteiger partial charge in [-0.05, 0) is 38.1 Å². The topological polar surface area (TPSA) is 72.1 Å². The number of nitrogens with zero attached hydrogens (tertiary/aromatic N) is 3. The van der Waals surface area contributed by atoms with E-state index in [1.807, 2.05) is 13.8 Å². The molecule has 0 saturated carbocycles. The minimum atomic E-state index is -0.173. The molecule has 5 heteroatoms. The third-order valence-corrected chi connectivity index (χ3v) is 2.64. The van der Waals surface area contributed by atoms with E-state index in [1.165, 1.54) is 6.20 Å². The van der Waals surface area contributed by atoms with Crippen molar-refractivity contribution in [2.24, 2.45) is 0 Å². The summed E-state index contributed by atoms with van der Waals surface area (Å²) in [5, 5.41) is 0. The average Bonchev–Trinajstić information content (AvgIpc) is 2.42. The van der Waals surface area contributed by atoms with Crippen LogP contribution in [0.3, 0.4) is 0 Å². The molecule has 2 rings (SSSR count). The predicted octanol–water partition coefficient (Wildman–Crippen LogP) is 2.11. The van der Waals surface area contributed by atoms with E-state index in [2.05, 4.69) is 9.97 Å².